The molecule has 1 atom stereocenters. The fourth-order valence-corrected chi connectivity index (χ4v) is 4.04. The maximum Gasteiger partial charge on any atom is 0.419 e. The molecule has 7 nitrogen and oxygen atoms in total. The minimum absolute atomic E-state index is 0.234. The largest absolute Gasteiger partial charge is 0.419 e. The molecule has 1 amide bonds. The van der Waals surface area contributed by atoms with Crippen LogP contribution < -0.4 is 16.8 Å². The summed E-state index contributed by atoms with van der Waals surface area (Å²) < 4.78 is 6.65. The van der Waals surface area contributed by atoms with E-state index >= 15 is 0 Å². The third-order valence-corrected chi connectivity index (χ3v) is 5.93. The Hall–Kier alpha value is -3.37. The molecule has 1 heterocycles. The number of rotatable bonds is 5. The topological polar surface area (TPSA) is 114 Å². The molecule has 0 aliphatic heterocycles. The van der Waals surface area contributed by atoms with Crippen molar-refractivity contribution in [3.63, 3.8) is 0 Å². The van der Waals surface area contributed by atoms with Gasteiger partial charge in [-0.25, -0.2) is 4.79 Å². The first-order valence-corrected chi connectivity index (χ1v) is 10.1. The van der Waals surface area contributed by atoms with Crippen LogP contribution in [0.4, 0.5) is 0 Å². The maximum atomic E-state index is 12.5. The molecule has 3 N–H and O–H groups in total. The molecule has 1 aliphatic carbocycles. The van der Waals surface area contributed by atoms with Gasteiger partial charge in [-0.3, -0.25) is 9.36 Å². The lowest BCUT2D eigenvalue weighted by Gasteiger charge is -2.24. The van der Waals surface area contributed by atoms with E-state index in [2.05, 4.69) is 11.4 Å². The maximum absolute atomic E-state index is 12.5. The monoisotopic (exact) mass is 404 g/mol. The number of hydrogen-bond acceptors (Lipinski definition) is 5. The third-order valence-electron chi connectivity index (χ3n) is 5.93. The van der Waals surface area contributed by atoms with E-state index in [1.807, 2.05) is 36.4 Å². The molecule has 1 unspecified atom stereocenters. The normalized spacial score (nSPS) is 16.3. The van der Waals surface area contributed by atoms with Crippen LogP contribution in [0.3, 0.4) is 0 Å². The van der Waals surface area contributed by atoms with Gasteiger partial charge in [-0.1, -0.05) is 43.2 Å². The zero-order chi connectivity index (χ0) is 21.3. The molecule has 1 aromatic heterocycles. The van der Waals surface area contributed by atoms with Gasteiger partial charge >= 0.3 is 5.76 Å². The van der Waals surface area contributed by atoms with Gasteiger partial charge in [0.05, 0.1) is 17.1 Å². The van der Waals surface area contributed by atoms with Crippen LogP contribution in [0.2, 0.25) is 0 Å². The number of nitrogens with two attached hydrogens (primary N) is 1. The molecular weight excluding hydrogens is 380 g/mol. The van der Waals surface area contributed by atoms with E-state index in [-0.39, 0.29) is 11.7 Å². The van der Waals surface area contributed by atoms with Gasteiger partial charge in [0.25, 0.3) is 0 Å². The number of aryl methyl sites for hydroxylation is 1. The van der Waals surface area contributed by atoms with E-state index in [9.17, 15) is 14.9 Å². The van der Waals surface area contributed by atoms with Crippen molar-refractivity contribution in [2.24, 2.45) is 12.8 Å². The molecule has 1 fully saturated rings. The number of nitrogens with one attached hydrogen (secondary N) is 1. The van der Waals surface area contributed by atoms with Gasteiger partial charge in [-0.15, -0.1) is 0 Å². The molecule has 0 radical (unpaired) electrons. The first kappa shape index (κ1) is 19.9. The number of carbonyl (C=O) groups excluding carboxylic acids is 1. The Morgan fingerprint density at radius 2 is 1.90 bits per heavy atom. The second-order valence-corrected chi connectivity index (χ2v) is 8.03. The van der Waals surface area contributed by atoms with E-state index in [0.717, 1.165) is 35.0 Å². The number of amides is 1. The summed E-state index contributed by atoms with van der Waals surface area (Å²) in [4.78, 5) is 24.2. The summed E-state index contributed by atoms with van der Waals surface area (Å²) >= 11 is 0. The number of oxazole rings is 1. The van der Waals surface area contributed by atoms with Crippen LogP contribution >= 0.6 is 0 Å². The quantitative estimate of drug-likeness (QED) is 0.678. The van der Waals surface area contributed by atoms with Gasteiger partial charge in [-0.2, -0.15) is 5.26 Å². The van der Waals surface area contributed by atoms with Gasteiger partial charge in [-0.05, 0) is 41.7 Å². The molecule has 154 valence electrons. The number of aromatic nitrogens is 1. The second-order valence-electron chi connectivity index (χ2n) is 8.03. The highest BCUT2D eigenvalue weighted by Crippen LogP contribution is 2.28. The van der Waals surface area contributed by atoms with Crippen LogP contribution in [0.15, 0.2) is 51.7 Å². The molecular formula is C23H24N4O3. The minimum Gasteiger partial charge on any atom is -0.408 e. The molecule has 1 saturated carbocycles. The van der Waals surface area contributed by atoms with E-state index in [4.69, 9.17) is 10.2 Å². The Kier molecular flexibility index (Phi) is 5.18. The Bertz CT molecular complexity index is 1180. The summed E-state index contributed by atoms with van der Waals surface area (Å²) in [6.07, 6.45) is 3.63. The lowest BCUT2D eigenvalue weighted by atomic mass is 9.96. The fourth-order valence-electron chi connectivity index (χ4n) is 4.04. The van der Waals surface area contributed by atoms with E-state index in [1.54, 1.807) is 13.1 Å². The number of carbonyl (C=O) groups is 1. The lowest BCUT2D eigenvalue weighted by molar-refractivity contribution is -0.126. The van der Waals surface area contributed by atoms with Crippen molar-refractivity contribution in [3.8, 4) is 17.2 Å². The average molecular weight is 404 g/mol. The van der Waals surface area contributed by atoms with Crippen LogP contribution in [0.5, 0.6) is 0 Å². The molecule has 4 rings (SSSR count). The van der Waals surface area contributed by atoms with Crippen molar-refractivity contribution >= 4 is 17.0 Å². The molecule has 3 aromatic rings. The predicted molar refractivity (Wildman–Crippen MR) is 114 cm³/mol. The summed E-state index contributed by atoms with van der Waals surface area (Å²) in [6, 6.07) is 15.0. The Morgan fingerprint density at radius 1 is 1.23 bits per heavy atom. The van der Waals surface area contributed by atoms with Crippen molar-refractivity contribution in [1.29, 1.82) is 5.26 Å². The van der Waals surface area contributed by atoms with Crippen molar-refractivity contribution in [3.05, 3.63) is 58.6 Å². The standard InChI is InChI=1S/C23H24N4O3/c1-27-19-13-17(8-9-20(19)30-22(27)29)16-6-4-15(5-7-16)12-18(14-24)26-21(28)23(25)10-2-3-11-23/h4-9,13,18H,2-3,10-12,25H2,1H3,(H,26,28). The molecule has 2 aromatic carbocycles. The van der Waals surface area contributed by atoms with Crippen LogP contribution in [0, 0.1) is 11.3 Å². The summed E-state index contributed by atoms with van der Waals surface area (Å²) in [7, 11) is 1.68. The highest BCUT2D eigenvalue weighted by Gasteiger charge is 2.37. The van der Waals surface area contributed by atoms with Crippen molar-refractivity contribution in [2.75, 3.05) is 0 Å². The first-order valence-electron chi connectivity index (χ1n) is 10.1. The molecule has 0 bridgehead atoms. The third kappa shape index (κ3) is 3.74. The second kappa shape index (κ2) is 7.81. The highest BCUT2D eigenvalue weighted by molar-refractivity contribution is 5.87. The molecule has 1 aliphatic rings. The highest BCUT2D eigenvalue weighted by atomic mass is 16.4. The molecule has 7 heteroatoms. The SMILES string of the molecule is Cn1c(=O)oc2ccc(-c3ccc(CC(C#N)NC(=O)C4(N)CCCC4)cc3)cc21. The van der Waals surface area contributed by atoms with Gasteiger partial charge in [0, 0.05) is 13.5 Å². The fraction of sp³-hybridized carbons (Fsp3) is 0.348. The van der Waals surface area contributed by atoms with Gasteiger partial charge in [0.15, 0.2) is 5.58 Å². The number of fused-ring (bicyclic) bond motifs is 1. The zero-order valence-electron chi connectivity index (χ0n) is 16.9. The summed E-state index contributed by atoms with van der Waals surface area (Å²) in [5.74, 6) is -0.624. The molecule has 30 heavy (non-hydrogen) atoms. The Balaban J connectivity index is 1.48. The van der Waals surface area contributed by atoms with E-state index in [0.29, 0.717) is 24.8 Å². The lowest BCUT2D eigenvalue weighted by Crippen LogP contribution is -2.54. The summed E-state index contributed by atoms with van der Waals surface area (Å²) in [5, 5.41) is 12.3. The summed E-state index contributed by atoms with van der Waals surface area (Å²) in [5.41, 5.74) is 9.52. The molecule has 0 saturated heterocycles. The number of hydrogen-bond donors (Lipinski definition) is 2. The first-order chi connectivity index (χ1) is 14.4. The van der Waals surface area contributed by atoms with Crippen LogP contribution in [-0.4, -0.2) is 22.1 Å². The predicted octanol–water partition coefficient (Wildman–Crippen LogP) is 2.62. The Labute approximate surface area is 174 Å². The van der Waals surface area contributed by atoms with Crippen LogP contribution in [-0.2, 0) is 18.3 Å². The van der Waals surface area contributed by atoms with Gasteiger partial charge < -0.3 is 15.5 Å². The zero-order valence-corrected chi connectivity index (χ0v) is 16.9. The smallest absolute Gasteiger partial charge is 0.408 e. The van der Waals surface area contributed by atoms with Crippen molar-refractivity contribution < 1.29 is 9.21 Å². The van der Waals surface area contributed by atoms with Crippen LogP contribution in [0.25, 0.3) is 22.2 Å². The number of benzene rings is 2. The van der Waals surface area contributed by atoms with Crippen LogP contribution in [0.1, 0.15) is 31.2 Å². The number of nitriles is 1. The van der Waals surface area contributed by atoms with E-state index < -0.39 is 11.6 Å². The van der Waals surface area contributed by atoms with Gasteiger partial charge in [0.1, 0.15) is 6.04 Å². The van der Waals surface area contributed by atoms with Crippen molar-refractivity contribution in [2.45, 2.75) is 43.7 Å². The Morgan fingerprint density at radius 3 is 2.57 bits per heavy atom. The van der Waals surface area contributed by atoms with Crippen molar-refractivity contribution in [1.82, 2.24) is 9.88 Å². The summed E-state index contributed by atoms with van der Waals surface area (Å²) in [6.45, 7) is 0. The minimum atomic E-state index is -0.842. The van der Waals surface area contributed by atoms with E-state index in [1.165, 1.54) is 4.57 Å². The average Bonchev–Trinajstić information content (AvgIpc) is 3.32. The molecule has 0 spiro atoms. The number of nitrogens with zero attached hydrogens (tertiary/aromatic N) is 2. The van der Waals surface area contributed by atoms with Gasteiger partial charge in [0.2, 0.25) is 5.91 Å².